The van der Waals surface area contributed by atoms with E-state index in [-0.39, 0.29) is 12.1 Å². The molecule has 1 aromatic carbocycles. The number of benzene rings is 1. The van der Waals surface area contributed by atoms with Crippen LogP contribution >= 0.6 is 0 Å². The highest BCUT2D eigenvalue weighted by Gasteiger charge is 2.16. The fourth-order valence-electron chi connectivity index (χ4n) is 2.44. The van der Waals surface area contributed by atoms with Crippen molar-refractivity contribution in [1.29, 1.82) is 5.26 Å². The summed E-state index contributed by atoms with van der Waals surface area (Å²) < 4.78 is 0. The van der Waals surface area contributed by atoms with Gasteiger partial charge in [0.25, 0.3) is 0 Å². The zero-order valence-electron chi connectivity index (χ0n) is 12.7. The Balaban J connectivity index is 2.00. The summed E-state index contributed by atoms with van der Waals surface area (Å²) in [6.07, 6.45) is 2.79. The predicted molar refractivity (Wildman–Crippen MR) is 84.4 cm³/mol. The number of carbonyl (C=O) groups is 1. The van der Waals surface area contributed by atoms with E-state index in [9.17, 15) is 4.79 Å². The van der Waals surface area contributed by atoms with Gasteiger partial charge >= 0.3 is 6.03 Å². The fourth-order valence-corrected chi connectivity index (χ4v) is 2.44. The Bertz CT molecular complexity index is 531. The average molecular weight is 286 g/mol. The molecular formula is C16H22N4O. The number of hydrogen-bond acceptors (Lipinski definition) is 3. The summed E-state index contributed by atoms with van der Waals surface area (Å²) in [7, 11) is 1.71. The second kappa shape index (κ2) is 6.98. The van der Waals surface area contributed by atoms with Crippen molar-refractivity contribution in [2.75, 3.05) is 30.4 Å². The predicted octanol–water partition coefficient (Wildman–Crippen LogP) is 3.05. The van der Waals surface area contributed by atoms with Crippen molar-refractivity contribution in [3.05, 3.63) is 24.3 Å². The molecule has 0 saturated carbocycles. The number of anilines is 2. The Morgan fingerprint density at radius 2 is 2.19 bits per heavy atom. The highest BCUT2D eigenvalue weighted by Crippen LogP contribution is 2.23. The van der Waals surface area contributed by atoms with E-state index in [0.717, 1.165) is 24.5 Å². The Kier molecular flexibility index (Phi) is 5.04. The molecule has 21 heavy (non-hydrogen) atoms. The van der Waals surface area contributed by atoms with Gasteiger partial charge in [-0.05, 0) is 38.0 Å². The van der Waals surface area contributed by atoms with E-state index in [4.69, 9.17) is 5.26 Å². The molecule has 1 saturated heterocycles. The van der Waals surface area contributed by atoms with Gasteiger partial charge in [-0.15, -0.1) is 0 Å². The zero-order valence-corrected chi connectivity index (χ0v) is 12.7. The summed E-state index contributed by atoms with van der Waals surface area (Å²) in [5.41, 5.74) is 1.94. The average Bonchev–Trinajstić information content (AvgIpc) is 3.01. The van der Waals surface area contributed by atoms with Crippen molar-refractivity contribution in [3.63, 3.8) is 0 Å². The van der Waals surface area contributed by atoms with Gasteiger partial charge in [0, 0.05) is 37.6 Å². The van der Waals surface area contributed by atoms with Gasteiger partial charge in [-0.3, -0.25) is 0 Å². The minimum atomic E-state index is -0.184. The third-order valence-electron chi connectivity index (χ3n) is 3.94. The Morgan fingerprint density at radius 1 is 1.48 bits per heavy atom. The van der Waals surface area contributed by atoms with Crippen molar-refractivity contribution < 1.29 is 4.79 Å². The summed E-state index contributed by atoms with van der Waals surface area (Å²) in [5.74, 6) is 0. The summed E-state index contributed by atoms with van der Waals surface area (Å²) in [6, 6.07) is 9.73. The van der Waals surface area contributed by atoms with Crippen LogP contribution in [0.4, 0.5) is 16.2 Å². The molecule has 1 aliphatic rings. The maximum atomic E-state index is 12.2. The van der Waals surface area contributed by atoms with Gasteiger partial charge in [-0.2, -0.15) is 5.26 Å². The lowest BCUT2D eigenvalue weighted by atomic mass is 10.2. The Labute approximate surface area is 126 Å². The molecule has 1 heterocycles. The second-order valence-corrected chi connectivity index (χ2v) is 5.50. The lowest BCUT2D eigenvalue weighted by Gasteiger charge is -2.24. The number of hydrogen-bond donors (Lipinski definition) is 1. The number of amides is 2. The highest BCUT2D eigenvalue weighted by atomic mass is 16.2. The van der Waals surface area contributed by atoms with Crippen molar-refractivity contribution >= 4 is 17.4 Å². The number of nitrogens with zero attached hydrogens (tertiary/aromatic N) is 3. The van der Waals surface area contributed by atoms with Crippen LogP contribution in [0.25, 0.3) is 0 Å². The molecule has 0 unspecified atom stereocenters. The van der Waals surface area contributed by atoms with Gasteiger partial charge in [0.15, 0.2) is 0 Å². The van der Waals surface area contributed by atoms with Gasteiger partial charge in [0.1, 0.15) is 0 Å². The van der Waals surface area contributed by atoms with E-state index in [0.29, 0.717) is 6.42 Å². The van der Waals surface area contributed by atoms with Gasteiger partial charge < -0.3 is 15.1 Å². The van der Waals surface area contributed by atoms with Crippen LogP contribution in [0.5, 0.6) is 0 Å². The molecule has 1 N–H and O–H groups in total. The maximum absolute atomic E-state index is 12.2. The number of nitriles is 1. The molecular weight excluding hydrogens is 264 g/mol. The molecule has 0 radical (unpaired) electrons. The van der Waals surface area contributed by atoms with Crippen molar-refractivity contribution in [1.82, 2.24) is 4.90 Å². The SMILES string of the molecule is C[C@@H](CC#N)N(C)C(=O)Nc1cccc(N2CCCC2)c1. The molecule has 0 aliphatic carbocycles. The molecule has 5 nitrogen and oxygen atoms in total. The molecule has 1 fully saturated rings. The van der Waals surface area contributed by atoms with Crippen LogP contribution in [0.15, 0.2) is 24.3 Å². The van der Waals surface area contributed by atoms with E-state index in [1.165, 1.54) is 12.8 Å². The number of nitrogens with one attached hydrogen (secondary N) is 1. The summed E-state index contributed by atoms with van der Waals surface area (Å²) >= 11 is 0. The zero-order chi connectivity index (χ0) is 15.2. The van der Waals surface area contributed by atoms with Crippen LogP contribution in [-0.2, 0) is 0 Å². The first-order valence-corrected chi connectivity index (χ1v) is 7.37. The monoisotopic (exact) mass is 286 g/mol. The number of urea groups is 1. The van der Waals surface area contributed by atoms with Gasteiger partial charge in [-0.1, -0.05) is 6.07 Å². The summed E-state index contributed by atoms with van der Waals surface area (Å²) in [4.78, 5) is 16.0. The van der Waals surface area contributed by atoms with Crippen molar-refractivity contribution in [2.45, 2.75) is 32.2 Å². The van der Waals surface area contributed by atoms with Crippen LogP contribution < -0.4 is 10.2 Å². The van der Waals surface area contributed by atoms with Crippen LogP contribution in [0.2, 0.25) is 0 Å². The number of carbonyl (C=O) groups excluding carboxylic acids is 1. The van der Waals surface area contributed by atoms with E-state index < -0.39 is 0 Å². The first kappa shape index (κ1) is 15.2. The highest BCUT2D eigenvalue weighted by molar-refractivity contribution is 5.90. The van der Waals surface area contributed by atoms with Crippen LogP contribution in [0.1, 0.15) is 26.2 Å². The van der Waals surface area contributed by atoms with E-state index in [1.807, 2.05) is 25.1 Å². The number of rotatable bonds is 4. The van der Waals surface area contributed by atoms with Gasteiger partial charge in [-0.25, -0.2) is 4.79 Å². The summed E-state index contributed by atoms with van der Waals surface area (Å²) in [6.45, 7) is 4.02. The maximum Gasteiger partial charge on any atom is 0.321 e. The molecule has 1 aliphatic heterocycles. The molecule has 2 rings (SSSR count). The molecule has 1 atom stereocenters. The van der Waals surface area contributed by atoms with Crippen molar-refractivity contribution in [3.8, 4) is 6.07 Å². The Morgan fingerprint density at radius 3 is 2.86 bits per heavy atom. The molecule has 2 amide bonds. The molecule has 1 aromatic rings. The van der Waals surface area contributed by atoms with Crippen LogP contribution in [0.3, 0.4) is 0 Å². The Hall–Kier alpha value is -2.22. The quantitative estimate of drug-likeness (QED) is 0.925. The van der Waals surface area contributed by atoms with E-state index in [2.05, 4.69) is 22.4 Å². The lowest BCUT2D eigenvalue weighted by Crippen LogP contribution is -2.38. The first-order chi connectivity index (χ1) is 10.1. The van der Waals surface area contributed by atoms with E-state index >= 15 is 0 Å². The fraction of sp³-hybridized carbons (Fsp3) is 0.500. The lowest BCUT2D eigenvalue weighted by molar-refractivity contribution is 0.208. The summed E-state index contributed by atoms with van der Waals surface area (Å²) in [5, 5.41) is 11.6. The van der Waals surface area contributed by atoms with Gasteiger partial charge in [0.2, 0.25) is 0 Å². The standard InChI is InChI=1S/C16H22N4O/c1-13(8-9-17)19(2)16(21)18-14-6-5-7-15(12-14)20-10-3-4-11-20/h5-7,12-13H,3-4,8,10-11H2,1-2H3,(H,18,21)/t13-/m0/s1. The molecule has 5 heteroatoms. The van der Waals surface area contributed by atoms with Crippen molar-refractivity contribution in [2.24, 2.45) is 0 Å². The molecule has 0 spiro atoms. The largest absolute Gasteiger partial charge is 0.371 e. The van der Waals surface area contributed by atoms with Crippen LogP contribution in [0, 0.1) is 11.3 Å². The third kappa shape index (κ3) is 3.88. The topological polar surface area (TPSA) is 59.4 Å². The smallest absolute Gasteiger partial charge is 0.321 e. The minimum absolute atomic E-state index is 0.100. The minimum Gasteiger partial charge on any atom is -0.371 e. The normalized spacial score (nSPS) is 15.4. The first-order valence-electron chi connectivity index (χ1n) is 7.37. The molecule has 0 aromatic heterocycles. The second-order valence-electron chi connectivity index (χ2n) is 5.50. The van der Waals surface area contributed by atoms with Gasteiger partial charge in [0.05, 0.1) is 12.5 Å². The van der Waals surface area contributed by atoms with E-state index in [1.54, 1.807) is 11.9 Å². The third-order valence-corrected chi connectivity index (χ3v) is 3.94. The molecule has 0 bridgehead atoms. The van der Waals surface area contributed by atoms with Crippen LogP contribution in [-0.4, -0.2) is 37.1 Å². The molecule has 112 valence electrons.